The molecule has 1 aromatic carbocycles. The molecule has 1 saturated heterocycles. The summed E-state index contributed by atoms with van der Waals surface area (Å²) in [5, 5.41) is 13.2. The van der Waals surface area contributed by atoms with Crippen LogP contribution in [0, 0.1) is 10.1 Å². The number of nitro benzene ring substituents is 1. The molecule has 0 bridgehead atoms. The van der Waals surface area contributed by atoms with E-state index in [-0.39, 0.29) is 31.2 Å². The van der Waals surface area contributed by atoms with E-state index in [4.69, 9.17) is 9.47 Å². The van der Waals surface area contributed by atoms with Gasteiger partial charge in [-0.25, -0.2) is 4.79 Å². The van der Waals surface area contributed by atoms with Gasteiger partial charge in [-0.2, -0.15) is 0 Å². The van der Waals surface area contributed by atoms with Gasteiger partial charge in [-0.1, -0.05) is 0 Å². The molecule has 0 spiro atoms. The summed E-state index contributed by atoms with van der Waals surface area (Å²) in [5.41, 5.74) is 0.252. The first kappa shape index (κ1) is 23.9. The first-order valence-electron chi connectivity index (χ1n) is 9.95. The van der Waals surface area contributed by atoms with Gasteiger partial charge >= 0.3 is 12.1 Å². The fraction of sp³-hybridized carbons (Fsp3) is 0.550. The van der Waals surface area contributed by atoms with Crippen molar-refractivity contribution in [2.75, 3.05) is 44.2 Å². The first-order chi connectivity index (χ1) is 14.5. The van der Waals surface area contributed by atoms with Gasteiger partial charge in [0.1, 0.15) is 5.60 Å². The second-order valence-electron chi connectivity index (χ2n) is 7.98. The highest BCUT2D eigenvalue weighted by Crippen LogP contribution is 2.20. The summed E-state index contributed by atoms with van der Waals surface area (Å²) < 4.78 is 10.0. The maximum atomic E-state index is 12.3. The topological polar surface area (TPSA) is 131 Å². The number of anilines is 1. The van der Waals surface area contributed by atoms with Crippen LogP contribution in [0.3, 0.4) is 0 Å². The number of carbonyl (C=O) groups excluding carboxylic acids is 3. The maximum Gasteiger partial charge on any atom is 0.407 e. The van der Waals surface area contributed by atoms with Crippen LogP contribution in [0.5, 0.6) is 0 Å². The number of non-ortho nitro benzene ring substituents is 1. The van der Waals surface area contributed by atoms with E-state index in [1.165, 1.54) is 12.1 Å². The van der Waals surface area contributed by atoms with Crippen LogP contribution >= 0.6 is 0 Å². The van der Waals surface area contributed by atoms with E-state index in [1.54, 1.807) is 37.8 Å². The molecule has 1 aliphatic rings. The Morgan fingerprint density at radius 3 is 2.26 bits per heavy atom. The first-order valence-corrected chi connectivity index (χ1v) is 9.95. The van der Waals surface area contributed by atoms with E-state index in [0.29, 0.717) is 26.2 Å². The zero-order valence-corrected chi connectivity index (χ0v) is 18.0. The molecular weight excluding hydrogens is 408 g/mol. The van der Waals surface area contributed by atoms with Crippen molar-refractivity contribution in [1.82, 2.24) is 10.2 Å². The van der Waals surface area contributed by atoms with Gasteiger partial charge in [0.25, 0.3) is 11.6 Å². The summed E-state index contributed by atoms with van der Waals surface area (Å²) in [5.74, 6) is -0.884. The average Bonchev–Trinajstić information content (AvgIpc) is 2.71. The Bertz CT molecular complexity index is 797. The summed E-state index contributed by atoms with van der Waals surface area (Å²) in [4.78, 5) is 49.5. The van der Waals surface area contributed by atoms with E-state index < -0.39 is 22.6 Å². The zero-order chi connectivity index (χ0) is 23.0. The van der Waals surface area contributed by atoms with Gasteiger partial charge in [-0.05, 0) is 32.9 Å². The van der Waals surface area contributed by atoms with Crippen molar-refractivity contribution in [3.05, 3.63) is 34.4 Å². The predicted molar refractivity (Wildman–Crippen MR) is 112 cm³/mol. The standard InChI is InChI=1S/C20H28N4O7/c1-20(2,3)31-19(27)21-9-8-18(26)30-14-17(25)23-12-10-22(11-13-23)15-4-6-16(7-5-15)24(28)29/h4-7H,8-14H2,1-3H3,(H,21,27). The molecule has 170 valence electrons. The number of amides is 2. The molecule has 1 aliphatic heterocycles. The molecule has 1 heterocycles. The Morgan fingerprint density at radius 1 is 1.10 bits per heavy atom. The number of hydrogen-bond acceptors (Lipinski definition) is 8. The zero-order valence-electron chi connectivity index (χ0n) is 18.0. The second-order valence-corrected chi connectivity index (χ2v) is 7.98. The minimum absolute atomic E-state index is 0.0284. The second kappa shape index (κ2) is 10.6. The smallest absolute Gasteiger partial charge is 0.407 e. The van der Waals surface area contributed by atoms with Crippen molar-refractivity contribution in [1.29, 1.82) is 0 Å². The Balaban J connectivity index is 1.66. The van der Waals surface area contributed by atoms with E-state index in [1.807, 2.05) is 4.90 Å². The largest absolute Gasteiger partial charge is 0.456 e. The van der Waals surface area contributed by atoms with Gasteiger partial charge in [0.05, 0.1) is 11.3 Å². The lowest BCUT2D eigenvalue weighted by molar-refractivity contribution is -0.384. The fourth-order valence-corrected chi connectivity index (χ4v) is 2.89. The molecular formula is C20H28N4O7. The van der Waals surface area contributed by atoms with Gasteiger partial charge in [-0.15, -0.1) is 0 Å². The fourth-order valence-electron chi connectivity index (χ4n) is 2.89. The molecule has 11 nitrogen and oxygen atoms in total. The van der Waals surface area contributed by atoms with Crippen LogP contribution in [0.15, 0.2) is 24.3 Å². The molecule has 0 aliphatic carbocycles. The Labute approximate surface area is 180 Å². The molecule has 31 heavy (non-hydrogen) atoms. The lowest BCUT2D eigenvalue weighted by Crippen LogP contribution is -2.50. The van der Waals surface area contributed by atoms with Crippen molar-refractivity contribution in [3.63, 3.8) is 0 Å². The Hall–Kier alpha value is -3.37. The minimum Gasteiger partial charge on any atom is -0.456 e. The van der Waals surface area contributed by atoms with E-state index in [0.717, 1.165) is 5.69 Å². The third-order valence-electron chi connectivity index (χ3n) is 4.41. The van der Waals surface area contributed by atoms with Crippen LogP contribution < -0.4 is 10.2 Å². The van der Waals surface area contributed by atoms with Crippen molar-refractivity contribution in [3.8, 4) is 0 Å². The SMILES string of the molecule is CC(C)(C)OC(=O)NCCC(=O)OCC(=O)N1CCN(c2ccc([N+](=O)[O-])cc2)CC1. The third-order valence-corrected chi connectivity index (χ3v) is 4.41. The van der Waals surface area contributed by atoms with Crippen molar-refractivity contribution in [2.45, 2.75) is 32.8 Å². The average molecular weight is 436 g/mol. The van der Waals surface area contributed by atoms with Crippen LogP contribution in [0.1, 0.15) is 27.2 Å². The van der Waals surface area contributed by atoms with Crippen molar-refractivity contribution in [2.24, 2.45) is 0 Å². The highest BCUT2D eigenvalue weighted by Gasteiger charge is 2.23. The molecule has 2 rings (SSSR count). The molecule has 0 aromatic heterocycles. The summed E-state index contributed by atoms with van der Waals surface area (Å²) in [7, 11) is 0. The van der Waals surface area contributed by atoms with Gasteiger partial charge in [-0.3, -0.25) is 19.7 Å². The Kier molecular flexibility index (Phi) is 8.17. The van der Waals surface area contributed by atoms with Crippen LogP contribution in [-0.2, 0) is 19.1 Å². The number of ether oxygens (including phenoxy) is 2. The number of rotatable bonds is 7. The number of alkyl carbamates (subject to hydrolysis) is 1. The van der Waals surface area contributed by atoms with Crippen molar-refractivity contribution < 1.29 is 28.8 Å². The number of hydrogen-bond donors (Lipinski definition) is 1. The predicted octanol–water partition coefficient (Wildman–Crippen LogP) is 1.70. The highest BCUT2D eigenvalue weighted by atomic mass is 16.6. The van der Waals surface area contributed by atoms with Crippen LogP contribution in [0.2, 0.25) is 0 Å². The third kappa shape index (κ3) is 8.11. The molecule has 0 unspecified atom stereocenters. The molecule has 1 aromatic rings. The van der Waals surface area contributed by atoms with E-state index in [9.17, 15) is 24.5 Å². The number of esters is 1. The number of nitro groups is 1. The van der Waals surface area contributed by atoms with Crippen LogP contribution in [0.25, 0.3) is 0 Å². The summed E-state index contributed by atoms with van der Waals surface area (Å²) in [6, 6.07) is 6.26. The van der Waals surface area contributed by atoms with Gasteiger partial charge < -0.3 is 24.6 Å². The van der Waals surface area contributed by atoms with Crippen LogP contribution in [-0.4, -0.2) is 72.7 Å². The van der Waals surface area contributed by atoms with Gasteiger partial charge in [0.2, 0.25) is 0 Å². The molecule has 0 saturated carbocycles. The Morgan fingerprint density at radius 2 is 1.71 bits per heavy atom. The number of carbonyl (C=O) groups is 3. The summed E-state index contributed by atoms with van der Waals surface area (Å²) in [6.07, 6.45) is -0.692. The lowest BCUT2D eigenvalue weighted by Gasteiger charge is -2.36. The van der Waals surface area contributed by atoms with Crippen molar-refractivity contribution >= 4 is 29.3 Å². The summed E-state index contributed by atoms with van der Waals surface area (Å²) in [6.45, 7) is 6.93. The maximum absolute atomic E-state index is 12.3. The monoisotopic (exact) mass is 436 g/mol. The minimum atomic E-state index is -0.625. The molecule has 0 atom stereocenters. The number of benzene rings is 1. The number of nitrogens with zero attached hydrogens (tertiary/aromatic N) is 3. The van der Waals surface area contributed by atoms with Gasteiger partial charge in [0, 0.05) is 50.5 Å². The van der Waals surface area contributed by atoms with Gasteiger partial charge in [0.15, 0.2) is 6.61 Å². The molecule has 1 fully saturated rings. The summed E-state index contributed by atoms with van der Waals surface area (Å²) >= 11 is 0. The molecule has 1 N–H and O–H groups in total. The normalized spacial score (nSPS) is 14.0. The molecule has 0 radical (unpaired) electrons. The number of piperazine rings is 1. The van der Waals surface area contributed by atoms with Crippen LogP contribution in [0.4, 0.5) is 16.2 Å². The van der Waals surface area contributed by atoms with E-state index >= 15 is 0 Å². The highest BCUT2D eigenvalue weighted by molar-refractivity contribution is 5.81. The number of nitrogens with one attached hydrogen (secondary N) is 1. The van der Waals surface area contributed by atoms with E-state index in [2.05, 4.69) is 5.32 Å². The molecule has 2 amide bonds. The molecule has 11 heteroatoms. The quantitative estimate of drug-likeness (QED) is 0.388. The lowest BCUT2D eigenvalue weighted by atomic mass is 10.2.